The fourth-order valence-electron chi connectivity index (χ4n) is 3.05. The van der Waals surface area contributed by atoms with Crippen LogP contribution in [0.3, 0.4) is 0 Å². The van der Waals surface area contributed by atoms with E-state index in [4.69, 9.17) is 10.00 Å². The van der Waals surface area contributed by atoms with Crippen molar-refractivity contribution in [3.05, 3.63) is 35.4 Å². The number of nitrogens with zero attached hydrogens (tertiary/aromatic N) is 3. The Labute approximate surface area is 162 Å². The first-order valence-corrected chi connectivity index (χ1v) is 9.45. The second-order valence-electron chi connectivity index (χ2n) is 8.10. The zero-order chi connectivity index (χ0) is 19.9. The summed E-state index contributed by atoms with van der Waals surface area (Å²) in [7, 11) is 2.13. The molecule has 1 atom stereocenters. The maximum Gasteiger partial charge on any atom is 0.434 e. The topological polar surface area (TPSA) is 77.7 Å². The van der Waals surface area contributed by atoms with Crippen LogP contribution in [-0.4, -0.2) is 55.0 Å². The molecule has 1 aromatic carbocycles. The second kappa shape index (κ2) is 9.63. The lowest BCUT2D eigenvalue weighted by molar-refractivity contribution is 0.0603. The molecule has 0 radical (unpaired) electrons. The average Bonchev–Trinajstić information content (AvgIpc) is 2.99. The number of carbonyl (C=O) groups excluding carboxylic acids is 1. The Hall–Kier alpha value is -2.23. The number of hydrogen-bond donors (Lipinski definition) is 1. The Balaban J connectivity index is 2.00. The lowest BCUT2D eigenvalue weighted by Crippen LogP contribution is -2.33. The van der Waals surface area contributed by atoms with Gasteiger partial charge in [0.2, 0.25) is 0 Å². The standard InChI is InChI=1S/C21H30N4O2/c1-21(2,3)27-20(26)24-18(9-11-23-19-10-12-25(4)15-19)13-16-5-7-17(14-22)8-6-16/h5-8,19,23H,9-13,15H2,1-4H3/b24-18+/t19-/m1/s1. The van der Waals surface area contributed by atoms with Crippen LogP contribution in [0.4, 0.5) is 4.79 Å². The van der Waals surface area contributed by atoms with Crippen LogP contribution in [0.15, 0.2) is 29.3 Å². The van der Waals surface area contributed by atoms with Gasteiger partial charge < -0.3 is 15.0 Å². The van der Waals surface area contributed by atoms with Gasteiger partial charge in [-0.15, -0.1) is 0 Å². The van der Waals surface area contributed by atoms with Gasteiger partial charge in [-0.2, -0.15) is 10.3 Å². The number of likely N-dealkylation sites (tertiary alicyclic amines) is 1. The summed E-state index contributed by atoms with van der Waals surface area (Å²) in [5, 5.41) is 12.5. The van der Waals surface area contributed by atoms with E-state index in [-0.39, 0.29) is 0 Å². The monoisotopic (exact) mass is 370 g/mol. The second-order valence-corrected chi connectivity index (χ2v) is 8.10. The highest BCUT2D eigenvalue weighted by Gasteiger charge is 2.19. The molecule has 0 aliphatic carbocycles. The molecule has 0 saturated carbocycles. The minimum absolute atomic E-state index is 0.493. The van der Waals surface area contributed by atoms with E-state index in [1.807, 2.05) is 32.9 Å². The van der Waals surface area contributed by atoms with Crippen molar-refractivity contribution in [2.45, 2.75) is 51.7 Å². The van der Waals surface area contributed by atoms with E-state index in [1.54, 1.807) is 12.1 Å². The summed E-state index contributed by atoms with van der Waals surface area (Å²) in [4.78, 5) is 18.7. The molecule has 0 aromatic heterocycles. The van der Waals surface area contributed by atoms with E-state index in [1.165, 1.54) is 0 Å². The largest absolute Gasteiger partial charge is 0.442 e. The first kappa shape index (κ1) is 21.1. The number of carbonyl (C=O) groups is 1. The quantitative estimate of drug-likeness (QED) is 0.778. The summed E-state index contributed by atoms with van der Waals surface area (Å²) in [5.41, 5.74) is 1.87. The number of aliphatic imine (C=N–C) groups is 1. The molecule has 0 bridgehead atoms. The number of amides is 1. The molecule has 1 heterocycles. The van der Waals surface area contributed by atoms with Gasteiger partial charge in [-0.3, -0.25) is 0 Å². The molecular weight excluding hydrogens is 340 g/mol. The summed E-state index contributed by atoms with van der Waals surface area (Å²) in [6.07, 6.45) is 1.84. The number of hydrogen-bond acceptors (Lipinski definition) is 5. The summed E-state index contributed by atoms with van der Waals surface area (Å²) in [5.74, 6) is 0. The first-order valence-electron chi connectivity index (χ1n) is 9.45. The zero-order valence-corrected chi connectivity index (χ0v) is 16.8. The highest BCUT2D eigenvalue weighted by atomic mass is 16.6. The molecule has 1 aromatic rings. The minimum atomic E-state index is -0.563. The van der Waals surface area contributed by atoms with Crippen LogP contribution in [0, 0.1) is 11.3 Å². The maximum atomic E-state index is 12.1. The maximum absolute atomic E-state index is 12.1. The molecule has 1 aliphatic heterocycles. The van der Waals surface area contributed by atoms with Crippen LogP contribution in [0.25, 0.3) is 0 Å². The van der Waals surface area contributed by atoms with Gasteiger partial charge in [0.05, 0.1) is 11.6 Å². The Kier molecular flexibility index (Phi) is 7.52. The molecule has 1 aliphatic rings. The van der Waals surface area contributed by atoms with Gasteiger partial charge in [0.1, 0.15) is 5.60 Å². The van der Waals surface area contributed by atoms with Crippen LogP contribution < -0.4 is 5.32 Å². The highest BCUT2D eigenvalue weighted by Crippen LogP contribution is 2.11. The van der Waals surface area contributed by atoms with Gasteiger partial charge >= 0.3 is 6.09 Å². The van der Waals surface area contributed by atoms with E-state index < -0.39 is 11.7 Å². The highest BCUT2D eigenvalue weighted by molar-refractivity contribution is 5.94. The Morgan fingerprint density at radius 2 is 2.07 bits per heavy atom. The third-order valence-electron chi connectivity index (χ3n) is 4.37. The smallest absolute Gasteiger partial charge is 0.434 e. The molecule has 146 valence electrons. The molecule has 0 unspecified atom stereocenters. The van der Waals surface area contributed by atoms with Crippen molar-refractivity contribution in [2.75, 3.05) is 26.7 Å². The number of benzene rings is 1. The van der Waals surface area contributed by atoms with Crippen molar-refractivity contribution in [3.63, 3.8) is 0 Å². The third kappa shape index (κ3) is 7.90. The first-order chi connectivity index (χ1) is 12.7. The predicted octanol–water partition coefficient (Wildman–Crippen LogP) is 3.16. The van der Waals surface area contributed by atoms with Gasteiger partial charge in [-0.25, -0.2) is 4.79 Å². The predicted molar refractivity (Wildman–Crippen MR) is 107 cm³/mol. The number of ether oxygens (including phenoxy) is 1. The van der Waals surface area contributed by atoms with Gasteiger partial charge in [-0.05, 0) is 64.9 Å². The summed E-state index contributed by atoms with van der Waals surface area (Å²) in [6, 6.07) is 9.99. The molecule has 2 rings (SSSR count). The van der Waals surface area contributed by atoms with Crippen molar-refractivity contribution in [1.29, 1.82) is 5.26 Å². The van der Waals surface area contributed by atoms with E-state index in [2.05, 4.69) is 28.3 Å². The Bertz CT molecular complexity index is 698. The molecule has 6 nitrogen and oxygen atoms in total. The van der Waals surface area contributed by atoms with Crippen LogP contribution in [0.5, 0.6) is 0 Å². The van der Waals surface area contributed by atoms with E-state index in [9.17, 15) is 4.79 Å². The molecule has 1 amide bonds. The van der Waals surface area contributed by atoms with E-state index >= 15 is 0 Å². The summed E-state index contributed by atoms with van der Waals surface area (Å²) >= 11 is 0. The Morgan fingerprint density at radius 1 is 1.37 bits per heavy atom. The minimum Gasteiger partial charge on any atom is -0.442 e. The average molecular weight is 370 g/mol. The summed E-state index contributed by atoms with van der Waals surface area (Å²) < 4.78 is 5.34. The van der Waals surface area contributed by atoms with Crippen LogP contribution in [0.1, 0.15) is 44.7 Å². The molecule has 1 N–H and O–H groups in total. The summed E-state index contributed by atoms with van der Waals surface area (Å²) in [6.45, 7) is 8.43. The van der Waals surface area contributed by atoms with Gasteiger partial charge in [0.25, 0.3) is 0 Å². The van der Waals surface area contributed by atoms with Crippen molar-refractivity contribution in [1.82, 2.24) is 10.2 Å². The fourth-order valence-corrected chi connectivity index (χ4v) is 3.05. The molecule has 1 fully saturated rings. The lowest BCUT2D eigenvalue weighted by Gasteiger charge is -2.18. The number of nitrogens with one attached hydrogen (secondary N) is 1. The number of rotatable bonds is 6. The molecule has 1 saturated heterocycles. The number of likely N-dealkylation sites (N-methyl/N-ethyl adjacent to an activating group) is 1. The normalized spacial score (nSPS) is 18.3. The molecule has 6 heteroatoms. The van der Waals surface area contributed by atoms with E-state index in [0.29, 0.717) is 24.4 Å². The van der Waals surface area contributed by atoms with Gasteiger partial charge in [0, 0.05) is 31.3 Å². The van der Waals surface area contributed by atoms with Crippen molar-refractivity contribution < 1.29 is 9.53 Å². The Morgan fingerprint density at radius 3 is 2.63 bits per heavy atom. The third-order valence-corrected chi connectivity index (χ3v) is 4.37. The van der Waals surface area contributed by atoms with E-state index in [0.717, 1.165) is 37.3 Å². The molecular formula is C21H30N4O2. The van der Waals surface area contributed by atoms with Crippen LogP contribution in [0.2, 0.25) is 0 Å². The van der Waals surface area contributed by atoms with Crippen molar-refractivity contribution in [2.24, 2.45) is 4.99 Å². The fraction of sp³-hybridized carbons (Fsp3) is 0.571. The lowest BCUT2D eigenvalue weighted by atomic mass is 10.0. The molecule has 0 spiro atoms. The van der Waals surface area contributed by atoms with Crippen molar-refractivity contribution in [3.8, 4) is 6.07 Å². The van der Waals surface area contributed by atoms with Crippen LogP contribution >= 0.6 is 0 Å². The SMILES string of the molecule is CN1CC[C@@H](NCC/C(Cc2ccc(C#N)cc2)=N\C(=O)OC(C)(C)C)C1. The van der Waals surface area contributed by atoms with Crippen LogP contribution in [-0.2, 0) is 11.2 Å². The van der Waals surface area contributed by atoms with Crippen molar-refractivity contribution >= 4 is 11.8 Å². The number of nitriles is 1. The van der Waals surface area contributed by atoms with Gasteiger partial charge in [0.15, 0.2) is 0 Å². The molecule has 27 heavy (non-hydrogen) atoms. The zero-order valence-electron chi connectivity index (χ0n) is 16.8. The van der Waals surface area contributed by atoms with Gasteiger partial charge in [-0.1, -0.05) is 12.1 Å².